The van der Waals surface area contributed by atoms with Crippen LogP contribution in [0.1, 0.15) is 43.5 Å². The quantitative estimate of drug-likeness (QED) is 0.647. The van der Waals surface area contributed by atoms with E-state index in [0.717, 1.165) is 6.42 Å². The van der Waals surface area contributed by atoms with Crippen molar-refractivity contribution in [2.24, 2.45) is 5.92 Å². The standard InChI is InChI=1S/C17H25NO5/c1-12(2)8-10-23-15-11-13(22-3)6-7-14(15)17(21)18-9-4-5-16(19)20/h6-7,11-12H,4-5,8-10H2,1-3H3,(H,18,21)(H,19,20). The fraction of sp³-hybridized carbons (Fsp3) is 0.529. The molecule has 0 atom stereocenters. The van der Waals surface area contributed by atoms with E-state index in [9.17, 15) is 9.59 Å². The van der Waals surface area contributed by atoms with Crippen molar-refractivity contribution in [2.75, 3.05) is 20.3 Å². The van der Waals surface area contributed by atoms with E-state index in [2.05, 4.69) is 19.2 Å². The van der Waals surface area contributed by atoms with Gasteiger partial charge in [-0.3, -0.25) is 9.59 Å². The summed E-state index contributed by atoms with van der Waals surface area (Å²) >= 11 is 0. The van der Waals surface area contributed by atoms with E-state index >= 15 is 0 Å². The molecule has 0 saturated carbocycles. The minimum atomic E-state index is -0.874. The summed E-state index contributed by atoms with van der Waals surface area (Å²) in [6, 6.07) is 5.03. The molecule has 0 bridgehead atoms. The van der Waals surface area contributed by atoms with Gasteiger partial charge in [-0.05, 0) is 30.9 Å². The number of carbonyl (C=O) groups excluding carboxylic acids is 1. The van der Waals surface area contributed by atoms with E-state index < -0.39 is 5.97 Å². The number of aliphatic carboxylic acids is 1. The Hall–Kier alpha value is -2.24. The Morgan fingerprint density at radius 3 is 2.65 bits per heavy atom. The monoisotopic (exact) mass is 323 g/mol. The molecule has 128 valence electrons. The van der Waals surface area contributed by atoms with Crippen molar-refractivity contribution in [1.82, 2.24) is 5.32 Å². The number of nitrogens with one attached hydrogen (secondary N) is 1. The minimum absolute atomic E-state index is 0.0284. The van der Waals surface area contributed by atoms with Crippen molar-refractivity contribution >= 4 is 11.9 Å². The molecule has 2 N–H and O–H groups in total. The summed E-state index contributed by atoms with van der Waals surface area (Å²) in [6.45, 7) is 5.03. The highest BCUT2D eigenvalue weighted by molar-refractivity contribution is 5.97. The summed E-state index contributed by atoms with van der Waals surface area (Å²) in [5.74, 6) is 0.445. The second-order valence-electron chi connectivity index (χ2n) is 5.65. The molecule has 6 nitrogen and oxygen atoms in total. The Balaban J connectivity index is 2.70. The minimum Gasteiger partial charge on any atom is -0.497 e. The van der Waals surface area contributed by atoms with Gasteiger partial charge in [0.15, 0.2) is 0 Å². The lowest BCUT2D eigenvalue weighted by molar-refractivity contribution is -0.137. The molecule has 0 aliphatic carbocycles. The number of carboxylic acid groups (broad SMARTS) is 1. The summed E-state index contributed by atoms with van der Waals surface area (Å²) in [5.41, 5.74) is 0.421. The Labute approximate surface area is 136 Å². The third-order valence-electron chi connectivity index (χ3n) is 3.24. The molecule has 0 aliphatic heterocycles. The van der Waals surface area contributed by atoms with Crippen LogP contribution in [0.25, 0.3) is 0 Å². The molecule has 0 radical (unpaired) electrons. The number of benzene rings is 1. The molecule has 0 heterocycles. The van der Waals surface area contributed by atoms with Crippen LogP contribution in [0, 0.1) is 5.92 Å². The summed E-state index contributed by atoms with van der Waals surface area (Å²) in [7, 11) is 1.55. The van der Waals surface area contributed by atoms with Crippen molar-refractivity contribution in [1.29, 1.82) is 0 Å². The van der Waals surface area contributed by atoms with Gasteiger partial charge >= 0.3 is 5.97 Å². The Morgan fingerprint density at radius 2 is 2.04 bits per heavy atom. The number of hydrogen-bond acceptors (Lipinski definition) is 4. The first kappa shape index (κ1) is 18.8. The van der Waals surface area contributed by atoms with E-state index in [-0.39, 0.29) is 12.3 Å². The van der Waals surface area contributed by atoms with Crippen LogP contribution in [0.4, 0.5) is 0 Å². The van der Waals surface area contributed by atoms with Crippen LogP contribution in [0.2, 0.25) is 0 Å². The second kappa shape index (κ2) is 9.71. The number of methoxy groups -OCH3 is 1. The lowest BCUT2D eigenvalue weighted by Gasteiger charge is -2.14. The lowest BCUT2D eigenvalue weighted by atomic mass is 10.1. The van der Waals surface area contributed by atoms with Crippen LogP contribution in [-0.4, -0.2) is 37.2 Å². The molecule has 0 fully saturated rings. The molecule has 6 heteroatoms. The van der Waals surface area contributed by atoms with Crippen LogP contribution in [0.5, 0.6) is 11.5 Å². The third kappa shape index (κ3) is 7.04. The average Bonchev–Trinajstić information content (AvgIpc) is 2.50. The first-order valence-corrected chi connectivity index (χ1v) is 7.75. The zero-order valence-electron chi connectivity index (χ0n) is 13.9. The fourth-order valence-corrected chi connectivity index (χ4v) is 1.88. The van der Waals surface area contributed by atoms with Crippen LogP contribution < -0.4 is 14.8 Å². The van der Waals surface area contributed by atoms with Gasteiger partial charge in [-0.1, -0.05) is 13.8 Å². The second-order valence-corrected chi connectivity index (χ2v) is 5.65. The van der Waals surface area contributed by atoms with Crippen molar-refractivity contribution in [3.63, 3.8) is 0 Å². The van der Waals surface area contributed by atoms with Crippen molar-refractivity contribution < 1.29 is 24.2 Å². The van der Waals surface area contributed by atoms with E-state index in [0.29, 0.717) is 42.6 Å². The summed E-state index contributed by atoms with van der Waals surface area (Å²) < 4.78 is 10.9. The van der Waals surface area contributed by atoms with Gasteiger partial charge in [0, 0.05) is 19.0 Å². The number of carboxylic acids is 1. The highest BCUT2D eigenvalue weighted by Crippen LogP contribution is 2.25. The molecular formula is C17H25NO5. The first-order chi connectivity index (χ1) is 10.9. The molecule has 0 aromatic heterocycles. The van der Waals surface area contributed by atoms with Gasteiger partial charge in [0.1, 0.15) is 11.5 Å². The predicted molar refractivity (Wildman–Crippen MR) is 87.1 cm³/mol. The van der Waals surface area contributed by atoms with Crippen molar-refractivity contribution in [3.05, 3.63) is 23.8 Å². The summed E-state index contributed by atoms with van der Waals surface area (Å²) in [5, 5.41) is 11.3. The summed E-state index contributed by atoms with van der Waals surface area (Å²) in [6.07, 6.45) is 1.30. The maximum Gasteiger partial charge on any atom is 0.303 e. The molecule has 0 unspecified atom stereocenters. The average molecular weight is 323 g/mol. The Bertz CT molecular complexity index is 528. The lowest BCUT2D eigenvalue weighted by Crippen LogP contribution is -2.25. The van der Waals surface area contributed by atoms with Crippen molar-refractivity contribution in [2.45, 2.75) is 33.1 Å². The van der Waals surface area contributed by atoms with Gasteiger partial charge in [-0.2, -0.15) is 0 Å². The van der Waals surface area contributed by atoms with Gasteiger partial charge in [-0.25, -0.2) is 0 Å². The maximum atomic E-state index is 12.2. The highest BCUT2D eigenvalue weighted by Gasteiger charge is 2.14. The molecule has 0 saturated heterocycles. The predicted octanol–water partition coefficient (Wildman–Crippen LogP) is 2.71. The van der Waals surface area contributed by atoms with Gasteiger partial charge in [0.05, 0.1) is 19.3 Å². The van der Waals surface area contributed by atoms with Gasteiger partial charge in [0.2, 0.25) is 0 Å². The van der Waals surface area contributed by atoms with E-state index in [4.69, 9.17) is 14.6 Å². The number of carbonyl (C=O) groups is 2. The highest BCUT2D eigenvalue weighted by atomic mass is 16.5. The maximum absolute atomic E-state index is 12.2. The van der Waals surface area contributed by atoms with E-state index in [1.54, 1.807) is 25.3 Å². The topological polar surface area (TPSA) is 84.9 Å². The molecule has 1 amide bonds. The smallest absolute Gasteiger partial charge is 0.303 e. The van der Waals surface area contributed by atoms with Crippen LogP contribution in [0.3, 0.4) is 0 Å². The molecule has 1 aromatic carbocycles. The van der Waals surface area contributed by atoms with Crippen molar-refractivity contribution in [3.8, 4) is 11.5 Å². The summed E-state index contributed by atoms with van der Waals surface area (Å²) in [4.78, 5) is 22.7. The number of hydrogen-bond donors (Lipinski definition) is 2. The molecule has 1 rings (SSSR count). The molecule has 0 aliphatic rings. The van der Waals surface area contributed by atoms with E-state index in [1.165, 1.54) is 0 Å². The first-order valence-electron chi connectivity index (χ1n) is 7.75. The van der Waals surface area contributed by atoms with Gasteiger partial charge in [-0.15, -0.1) is 0 Å². The number of ether oxygens (including phenoxy) is 2. The molecule has 1 aromatic rings. The SMILES string of the molecule is COc1ccc(C(=O)NCCCC(=O)O)c(OCCC(C)C)c1. The zero-order chi connectivity index (χ0) is 17.2. The van der Waals surface area contributed by atoms with Gasteiger partial charge in [0.25, 0.3) is 5.91 Å². The Morgan fingerprint density at radius 1 is 1.30 bits per heavy atom. The number of rotatable bonds is 10. The normalized spacial score (nSPS) is 10.4. The zero-order valence-corrected chi connectivity index (χ0v) is 13.9. The third-order valence-corrected chi connectivity index (χ3v) is 3.24. The van der Waals surface area contributed by atoms with Crippen LogP contribution in [0.15, 0.2) is 18.2 Å². The van der Waals surface area contributed by atoms with Crippen LogP contribution >= 0.6 is 0 Å². The Kier molecular flexibility index (Phi) is 7.94. The molecule has 23 heavy (non-hydrogen) atoms. The fourth-order valence-electron chi connectivity index (χ4n) is 1.88. The number of amides is 1. The largest absolute Gasteiger partial charge is 0.497 e. The molecule has 0 spiro atoms. The molecular weight excluding hydrogens is 298 g/mol. The van der Waals surface area contributed by atoms with Crippen LogP contribution in [-0.2, 0) is 4.79 Å². The van der Waals surface area contributed by atoms with Gasteiger partial charge < -0.3 is 19.9 Å². The van der Waals surface area contributed by atoms with E-state index in [1.807, 2.05) is 0 Å².